The van der Waals surface area contributed by atoms with Crippen molar-refractivity contribution in [1.29, 1.82) is 5.26 Å². The van der Waals surface area contributed by atoms with Gasteiger partial charge >= 0.3 is 0 Å². The van der Waals surface area contributed by atoms with Crippen molar-refractivity contribution in [3.63, 3.8) is 0 Å². The third-order valence-corrected chi connectivity index (χ3v) is 8.42. The molecule has 1 fully saturated rings. The van der Waals surface area contributed by atoms with E-state index in [2.05, 4.69) is 16.4 Å². The van der Waals surface area contributed by atoms with E-state index in [4.69, 9.17) is 28.5 Å². The molecular weight excluding hydrogens is 521 g/mol. The average molecular weight is 546 g/mol. The smallest absolute Gasteiger partial charge is 0.243 e. The van der Waals surface area contributed by atoms with Crippen molar-refractivity contribution in [1.82, 2.24) is 19.2 Å². The molecule has 1 amide bonds. The summed E-state index contributed by atoms with van der Waals surface area (Å²) in [4.78, 5) is 17.1. The standard InChI is InChI=1S/C25H25Cl2N5O3S/c26-21-10-22(27)12-24(11-21)36(34,35)32-9-1-2-20(16-32)25(33)30-8-7-23-14-29-17-31(23)15-19-5-3-18(13-28)4-6-19/h3-6,10-12,14,17,20H,1-2,7-9,15-16H2,(H,30,33). The van der Waals surface area contributed by atoms with Crippen LogP contribution in [0.2, 0.25) is 10.0 Å². The first-order valence-corrected chi connectivity index (χ1v) is 13.7. The van der Waals surface area contributed by atoms with E-state index < -0.39 is 15.9 Å². The number of nitriles is 1. The van der Waals surface area contributed by atoms with Crippen LogP contribution in [0.3, 0.4) is 0 Å². The average Bonchev–Trinajstić information content (AvgIpc) is 3.30. The summed E-state index contributed by atoms with van der Waals surface area (Å²) in [7, 11) is -3.81. The van der Waals surface area contributed by atoms with E-state index in [-0.39, 0.29) is 27.4 Å². The molecule has 0 aliphatic carbocycles. The second-order valence-electron chi connectivity index (χ2n) is 8.67. The van der Waals surface area contributed by atoms with Gasteiger partial charge in [-0.3, -0.25) is 4.79 Å². The van der Waals surface area contributed by atoms with Crippen LogP contribution in [0.25, 0.3) is 0 Å². The van der Waals surface area contributed by atoms with Gasteiger partial charge < -0.3 is 9.88 Å². The molecule has 0 saturated carbocycles. The van der Waals surface area contributed by atoms with Gasteiger partial charge in [-0.05, 0) is 48.7 Å². The Hall–Kier alpha value is -2.90. The molecule has 0 spiro atoms. The number of carbonyl (C=O) groups is 1. The number of piperidine rings is 1. The fourth-order valence-electron chi connectivity index (χ4n) is 4.24. The lowest BCUT2D eigenvalue weighted by molar-refractivity contribution is -0.126. The zero-order valence-electron chi connectivity index (χ0n) is 19.4. The van der Waals surface area contributed by atoms with Crippen molar-refractivity contribution in [3.8, 4) is 6.07 Å². The normalized spacial score (nSPS) is 16.4. The first-order chi connectivity index (χ1) is 17.3. The van der Waals surface area contributed by atoms with Crippen LogP contribution in [0.15, 0.2) is 59.9 Å². The number of benzene rings is 2. The first kappa shape index (κ1) is 26.2. The number of nitrogens with one attached hydrogen (secondary N) is 1. The summed E-state index contributed by atoms with van der Waals surface area (Å²) in [6.45, 7) is 1.46. The zero-order valence-corrected chi connectivity index (χ0v) is 21.7. The second-order valence-corrected chi connectivity index (χ2v) is 11.5. The van der Waals surface area contributed by atoms with E-state index in [9.17, 15) is 13.2 Å². The van der Waals surface area contributed by atoms with Crippen LogP contribution in [0, 0.1) is 17.2 Å². The maximum atomic E-state index is 13.1. The van der Waals surface area contributed by atoms with Gasteiger partial charge in [0.15, 0.2) is 0 Å². The fourth-order valence-corrected chi connectivity index (χ4v) is 6.49. The van der Waals surface area contributed by atoms with Gasteiger partial charge in [-0.2, -0.15) is 9.57 Å². The highest BCUT2D eigenvalue weighted by Gasteiger charge is 2.33. The summed E-state index contributed by atoms with van der Waals surface area (Å²) >= 11 is 12.0. The Kier molecular flexibility index (Phi) is 8.32. The lowest BCUT2D eigenvalue weighted by atomic mass is 9.99. The molecule has 1 N–H and O–H groups in total. The number of imidazole rings is 1. The molecule has 0 bridgehead atoms. The van der Waals surface area contributed by atoms with Crippen molar-refractivity contribution in [3.05, 3.63) is 81.9 Å². The molecule has 1 unspecified atom stereocenters. The molecule has 1 aromatic heterocycles. The van der Waals surface area contributed by atoms with Crippen molar-refractivity contribution >= 4 is 39.1 Å². The Morgan fingerprint density at radius 3 is 2.58 bits per heavy atom. The lowest BCUT2D eigenvalue weighted by Gasteiger charge is -2.31. The molecule has 1 aliphatic rings. The molecule has 11 heteroatoms. The second kappa shape index (κ2) is 11.4. The summed E-state index contributed by atoms with van der Waals surface area (Å²) in [6.07, 6.45) is 5.29. The molecule has 188 valence electrons. The SMILES string of the molecule is N#Cc1ccc(Cn2cncc2CCNC(=O)C2CCCN(S(=O)(=O)c3cc(Cl)cc(Cl)c3)C2)cc1. The fraction of sp³-hybridized carbons (Fsp3) is 0.320. The number of hydrogen-bond acceptors (Lipinski definition) is 5. The van der Waals surface area contributed by atoms with Gasteiger partial charge in [-0.15, -0.1) is 0 Å². The van der Waals surface area contributed by atoms with Crippen LogP contribution in [-0.4, -0.2) is 47.8 Å². The van der Waals surface area contributed by atoms with Gasteiger partial charge in [0, 0.05) is 54.5 Å². The van der Waals surface area contributed by atoms with Gasteiger partial charge in [0.05, 0.1) is 28.8 Å². The highest BCUT2D eigenvalue weighted by atomic mass is 35.5. The van der Waals surface area contributed by atoms with Gasteiger partial charge in [-0.25, -0.2) is 13.4 Å². The molecule has 4 rings (SSSR count). The number of halogens is 2. The van der Waals surface area contributed by atoms with Crippen LogP contribution in [0.5, 0.6) is 0 Å². The van der Waals surface area contributed by atoms with Crippen molar-refractivity contribution in [2.45, 2.75) is 30.7 Å². The number of sulfonamides is 1. The molecule has 1 atom stereocenters. The summed E-state index contributed by atoms with van der Waals surface area (Å²) in [5.74, 6) is -0.607. The van der Waals surface area contributed by atoms with Crippen LogP contribution in [0.1, 0.15) is 29.7 Å². The van der Waals surface area contributed by atoms with Crippen molar-refractivity contribution in [2.75, 3.05) is 19.6 Å². The Labute approximate surface area is 220 Å². The molecular formula is C25H25Cl2N5O3S. The van der Waals surface area contributed by atoms with Gasteiger partial charge in [0.25, 0.3) is 0 Å². The van der Waals surface area contributed by atoms with Crippen LogP contribution >= 0.6 is 23.2 Å². The molecule has 2 heterocycles. The third-order valence-electron chi connectivity index (χ3n) is 6.14. The van der Waals surface area contributed by atoms with Crippen LogP contribution in [0.4, 0.5) is 0 Å². The first-order valence-electron chi connectivity index (χ1n) is 11.5. The number of carbonyl (C=O) groups excluding carboxylic acids is 1. The molecule has 2 aromatic carbocycles. The molecule has 36 heavy (non-hydrogen) atoms. The Morgan fingerprint density at radius 2 is 1.89 bits per heavy atom. The summed E-state index contributed by atoms with van der Waals surface area (Å²) in [5, 5.41) is 12.4. The Morgan fingerprint density at radius 1 is 1.17 bits per heavy atom. The molecule has 1 saturated heterocycles. The molecule has 3 aromatic rings. The maximum absolute atomic E-state index is 13.1. The highest BCUT2D eigenvalue weighted by molar-refractivity contribution is 7.89. The largest absolute Gasteiger partial charge is 0.355 e. The van der Waals surface area contributed by atoms with E-state index in [1.54, 1.807) is 24.7 Å². The number of aromatic nitrogens is 2. The van der Waals surface area contributed by atoms with Crippen molar-refractivity contribution in [2.24, 2.45) is 5.92 Å². The number of amides is 1. The predicted octanol–water partition coefficient (Wildman–Crippen LogP) is 3.87. The van der Waals surface area contributed by atoms with Crippen LogP contribution in [-0.2, 0) is 27.8 Å². The third kappa shape index (κ3) is 6.26. The van der Waals surface area contributed by atoms with E-state index in [0.717, 1.165) is 11.3 Å². The van der Waals surface area contributed by atoms with Crippen LogP contribution < -0.4 is 5.32 Å². The monoisotopic (exact) mass is 545 g/mol. The van der Waals surface area contributed by atoms with E-state index in [1.807, 2.05) is 16.7 Å². The number of nitrogens with zero attached hydrogens (tertiary/aromatic N) is 4. The van der Waals surface area contributed by atoms with E-state index in [0.29, 0.717) is 44.5 Å². The van der Waals surface area contributed by atoms with E-state index in [1.165, 1.54) is 22.5 Å². The topological polar surface area (TPSA) is 108 Å². The van der Waals surface area contributed by atoms with Gasteiger partial charge in [0.2, 0.25) is 15.9 Å². The molecule has 1 aliphatic heterocycles. The summed E-state index contributed by atoms with van der Waals surface area (Å²) < 4.78 is 29.5. The van der Waals surface area contributed by atoms with Gasteiger partial charge in [0.1, 0.15) is 0 Å². The Bertz CT molecular complexity index is 1360. The minimum atomic E-state index is -3.81. The number of hydrogen-bond donors (Lipinski definition) is 1. The summed E-state index contributed by atoms with van der Waals surface area (Å²) in [6, 6.07) is 13.7. The Balaban J connectivity index is 1.33. The minimum Gasteiger partial charge on any atom is -0.355 e. The van der Waals surface area contributed by atoms with Gasteiger partial charge in [-0.1, -0.05) is 35.3 Å². The zero-order chi connectivity index (χ0) is 25.7. The summed E-state index contributed by atoms with van der Waals surface area (Å²) in [5.41, 5.74) is 2.62. The number of rotatable bonds is 8. The molecule has 8 nitrogen and oxygen atoms in total. The minimum absolute atomic E-state index is 0.0246. The lowest BCUT2D eigenvalue weighted by Crippen LogP contribution is -2.45. The van der Waals surface area contributed by atoms with E-state index >= 15 is 0 Å². The molecule has 0 radical (unpaired) electrons. The van der Waals surface area contributed by atoms with Crippen molar-refractivity contribution < 1.29 is 13.2 Å². The maximum Gasteiger partial charge on any atom is 0.243 e. The highest BCUT2D eigenvalue weighted by Crippen LogP contribution is 2.28. The predicted molar refractivity (Wildman–Crippen MR) is 137 cm³/mol. The quantitative estimate of drug-likeness (QED) is 0.462.